The Balaban J connectivity index is 1.46. The quantitative estimate of drug-likeness (QED) is 0.744. The highest BCUT2D eigenvalue weighted by atomic mass is 16.7. The Labute approximate surface area is 164 Å². The summed E-state index contributed by atoms with van der Waals surface area (Å²) in [5.41, 5.74) is -0.709. The zero-order chi connectivity index (χ0) is 19.3. The van der Waals surface area contributed by atoms with E-state index in [1.807, 2.05) is 37.3 Å². The number of ether oxygens (including phenoxy) is 4. The van der Waals surface area contributed by atoms with Gasteiger partial charge in [0.2, 0.25) is 0 Å². The average molecular weight is 386 g/mol. The third kappa shape index (κ3) is 1.84. The molecule has 0 aromatic heterocycles. The van der Waals surface area contributed by atoms with Crippen molar-refractivity contribution >= 4 is 5.78 Å². The number of aliphatic hydroxyl groups excluding tert-OH is 1. The molecule has 6 nitrogen and oxygen atoms in total. The van der Waals surface area contributed by atoms with Crippen LogP contribution in [-0.2, 0) is 23.7 Å². The minimum atomic E-state index is -0.646. The number of carbonyl (C=O) groups is 1. The van der Waals surface area contributed by atoms with Gasteiger partial charge in [-0.3, -0.25) is 4.79 Å². The van der Waals surface area contributed by atoms with E-state index >= 15 is 0 Å². The molecular weight excluding hydrogens is 360 g/mol. The lowest BCUT2D eigenvalue weighted by Crippen LogP contribution is -2.74. The van der Waals surface area contributed by atoms with E-state index in [0.29, 0.717) is 26.1 Å². The van der Waals surface area contributed by atoms with E-state index in [4.69, 9.17) is 18.9 Å². The third-order valence-electron chi connectivity index (χ3n) is 8.31. The van der Waals surface area contributed by atoms with Gasteiger partial charge in [-0.2, -0.15) is 0 Å². The molecule has 2 spiro atoms. The molecular formula is C22H26O6. The van der Waals surface area contributed by atoms with Gasteiger partial charge in [-0.1, -0.05) is 44.2 Å². The summed E-state index contributed by atoms with van der Waals surface area (Å²) in [6.07, 6.45) is -1.15. The van der Waals surface area contributed by atoms with Gasteiger partial charge in [-0.25, -0.2) is 0 Å². The summed E-state index contributed by atoms with van der Waals surface area (Å²) in [7, 11) is 0. The van der Waals surface area contributed by atoms with Crippen molar-refractivity contribution in [2.24, 2.45) is 16.7 Å². The van der Waals surface area contributed by atoms with E-state index in [9.17, 15) is 9.90 Å². The summed E-state index contributed by atoms with van der Waals surface area (Å²) >= 11 is 0. The molecule has 0 radical (unpaired) electrons. The summed E-state index contributed by atoms with van der Waals surface area (Å²) in [4.78, 5) is 13.4. The van der Waals surface area contributed by atoms with Gasteiger partial charge in [0.05, 0.1) is 30.8 Å². The molecule has 5 aliphatic rings. The summed E-state index contributed by atoms with van der Waals surface area (Å²) in [6.45, 7) is 5.01. The first-order chi connectivity index (χ1) is 13.4. The lowest BCUT2D eigenvalue weighted by molar-refractivity contribution is -0.348. The first-order valence-corrected chi connectivity index (χ1v) is 10.3. The molecule has 4 unspecified atom stereocenters. The number of hydrogen-bond acceptors (Lipinski definition) is 6. The Kier molecular flexibility index (Phi) is 3.40. The van der Waals surface area contributed by atoms with Crippen LogP contribution in [0.1, 0.15) is 38.5 Å². The minimum Gasteiger partial charge on any atom is -0.390 e. The van der Waals surface area contributed by atoms with Crippen LogP contribution in [0.2, 0.25) is 0 Å². The van der Waals surface area contributed by atoms with E-state index in [0.717, 1.165) is 5.56 Å². The summed E-state index contributed by atoms with van der Waals surface area (Å²) in [5.74, 6) is -0.0343. The van der Waals surface area contributed by atoms with Crippen LogP contribution in [0.5, 0.6) is 0 Å². The highest BCUT2D eigenvalue weighted by Crippen LogP contribution is 2.73. The average Bonchev–Trinajstić information content (AvgIpc) is 3.47. The second-order valence-corrected chi connectivity index (χ2v) is 9.48. The van der Waals surface area contributed by atoms with Gasteiger partial charge in [0.25, 0.3) is 0 Å². The lowest BCUT2D eigenvalue weighted by Gasteiger charge is -2.63. The van der Waals surface area contributed by atoms with Gasteiger partial charge in [0, 0.05) is 16.9 Å². The van der Waals surface area contributed by atoms with Crippen molar-refractivity contribution in [3.05, 3.63) is 35.9 Å². The molecule has 2 aliphatic carbocycles. The highest BCUT2D eigenvalue weighted by Gasteiger charge is 2.84. The van der Waals surface area contributed by atoms with Crippen LogP contribution in [0, 0.1) is 16.7 Å². The van der Waals surface area contributed by atoms with Gasteiger partial charge in [0.1, 0.15) is 17.8 Å². The van der Waals surface area contributed by atoms with Crippen molar-refractivity contribution < 1.29 is 28.8 Å². The zero-order valence-electron chi connectivity index (χ0n) is 16.2. The molecule has 150 valence electrons. The molecule has 2 saturated carbocycles. The van der Waals surface area contributed by atoms with E-state index in [1.54, 1.807) is 0 Å². The van der Waals surface area contributed by atoms with Gasteiger partial charge >= 0.3 is 0 Å². The Hall–Kier alpha value is -1.31. The maximum Gasteiger partial charge on any atom is 0.184 e. The van der Waals surface area contributed by atoms with Crippen LogP contribution in [0.3, 0.4) is 0 Å². The first kappa shape index (κ1) is 17.5. The van der Waals surface area contributed by atoms with Crippen LogP contribution < -0.4 is 0 Å². The topological polar surface area (TPSA) is 77.5 Å². The number of benzene rings is 1. The van der Waals surface area contributed by atoms with E-state index in [2.05, 4.69) is 6.92 Å². The molecule has 28 heavy (non-hydrogen) atoms. The Morgan fingerprint density at radius 3 is 2.61 bits per heavy atom. The fourth-order valence-corrected chi connectivity index (χ4v) is 6.67. The normalized spacial score (nSPS) is 54.3. The molecule has 3 heterocycles. The van der Waals surface area contributed by atoms with Crippen LogP contribution in [-0.4, -0.2) is 54.1 Å². The second-order valence-electron chi connectivity index (χ2n) is 9.48. The molecule has 9 atom stereocenters. The monoisotopic (exact) mass is 386 g/mol. The second kappa shape index (κ2) is 5.43. The van der Waals surface area contributed by atoms with Crippen LogP contribution in [0.15, 0.2) is 30.3 Å². The molecule has 3 aliphatic heterocycles. The number of epoxide rings is 1. The third-order valence-corrected chi connectivity index (χ3v) is 8.31. The Morgan fingerprint density at radius 2 is 1.89 bits per heavy atom. The summed E-state index contributed by atoms with van der Waals surface area (Å²) in [6, 6.07) is 9.74. The van der Waals surface area contributed by atoms with Crippen molar-refractivity contribution in [1.82, 2.24) is 0 Å². The van der Waals surface area contributed by atoms with Crippen LogP contribution in [0.4, 0.5) is 0 Å². The smallest absolute Gasteiger partial charge is 0.184 e. The van der Waals surface area contributed by atoms with Crippen molar-refractivity contribution in [3.63, 3.8) is 0 Å². The maximum atomic E-state index is 13.4. The molecule has 6 rings (SSSR count). The van der Waals surface area contributed by atoms with E-state index < -0.39 is 34.9 Å². The number of carbonyl (C=O) groups excluding carboxylic acids is 1. The largest absolute Gasteiger partial charge is 0.390 e. The first-order valence-electron chi connectivity index (χ1n) is 10.3. The number of rotatable bonds is 1. The number of ketones is 1. The predicted molar refractivity (Wildman–Crippen MR) is 97.3 cm³/mol. The van der Waals surface area contributed by atoms with Crippen molar-refractivity contribution in [1.29, 1.82) is 0 Å². The van der Waals surface area contributed by atoms with Gasteiger partial charge in [0.15, 0.2) is 12.1 Å². The standard InChI is InChI=1S/C22H26O6/c1-12-8-15-21(20(2)9-14(23)17(27-15)22(20)11-26-22)10-25-19(28-18(21)16(12)24)13-6-4-3-5-7-13/h3-7,12,14-15,17-19,23H,8-11H2,1-2H3/t12-,14-,15?,17?,18-,19?,20-,21-,22?/m1/s1. The fraction of sp³-hybridized carbons (Fsp3) is 0.682. The van der Waals surface area contributed by atoms with Crippen molar-refractivity contribution in [2.45, 2.75) is 63.0 Å². The number of hydrogen-bond donors (Lipinski definition) is 1. The Morgan fingerprint density at radius 1 is 1.14 bits per heavy atom. The maximum absolute atomic E-state index is 13.4. The highest BCUT2D eigenvalue weighted by molar-refractivity contribution is 5.87. The molecule has 6 heteroatoms. The van der Waals surface area contributed by atoms with Crippen LogP contribution in [0.25, 0.3) is 0 Å². The molecule has 1 N–H and O–H groups in total. The molecule has 0 amide bonds. The number of aliphatic hydroxyl groups is 1. The lowest BCUT2D eigenvalue weighted by atomic mass is 9.49. The van der Waals surface area contributed by atoms with Gasteiger partial charge < -0.3 is 24.1 Å². The van der Waals surface area contributed by atoms with E-state index in [1.165, 1.54) is 0 Å². The minimum absolute atomic E-state index is 0.112. The summed E-state index contributed by atoms with van der Waals surface area (Å²) in [5, 5.41) is 10.8. The van der Waals surface area contributed by atoms with Crippen molar-refractivity contribution in [3.8, 4) is 0 Å². The van der Waals surface area contributed by atoms with Gasteiger partial charge in [-0.15, -0.1) is 0 Å². The molecule has 3 saturated heterocycles. The van der Waals surface area contributed by atoms with E-state index in [-0.39, 0.29) is 23.9 Å². The van der Waals surface area contributed by atoms with Crippen LogP contribution >= 0.6 is 0 Å². The fourth-order valence-electron chi connectivity index (χ4n) is 6.67. The Bertz CT molecular complexity index is 822. The van der Waals surface area contributed by atoms with Crippen molar-refractivity contribution in [2.75, 3.05) is 13.2 Å². The predicted octanol–water partition coefficient (Wildman–Crippen LogP) is 2.00. The molecule has 2 bridgehead atoms. The van der Waals surface area contributed by atoms with Gasteiger partial charge in [-0.05, 0) is 12.8 Å². The molecule has 1 aromatic carbocycles. The molecule has 1 aromatic rings. The number of Topliss-reactive ketones (excluding diaryl/α,β-unsaturated/α-hetero) is 1. The zero-order valence-corrected chi connectivity index (χ0v) is 16.2. The summed E-state index contributed by atoms with van der Waals surface area (Å²) < 4.78 is 25.1. The molecule has 5 fully saturated rings. The SMILES string of the molecule is C[C@@H]1CC2OC3[C@H](O)C[C@@](C)(C34CO4)[C@]23COC(c2ccccc2)O[C@@H]3C1=O.